The van der Waals surface area contributed by atoms with Gasteiger partial charge in [-0.2, -0.15) is 5.10 Å². The SMILES string of the molecule is CCOc1cn(-c2ccc(F)cc2)nc1C(=O)N1CC(C)CC(C)C1. The Balaban J connectivity index is 1.91. The largest absolute Gasteiger partial charge is 0.490 e. The summed E-state index contributed by atoms with van der Waals surface area (Å²) in [5.74, 6) is 0.990. The molecule has 0 radical (unpaired) electrons. The minimum absolute atomic E-state index is 0.109. The molecule has 3 rings (SSSR count). The second kappa shape index (κ2) is 7.25. The summed E-state index contributed by atoms with van der Waals surface area (Å²) < 4.78 is 20.3. The monoisotopic (exact) mass is 345 g/mol. The van der Waals surface area contributed by atoms with E-state index in [1.807, 2.05) is 11.8 Å². The molecule has 2 heterocycles. The molecule has 1 fully saturated rings. The number of hydrogen-bond acceptors (Lipinski definition) is 3. The fourth-order valence-corrected chi connectivity index (χ4v) is 3.47. The van der Waals surface area contributed by atoms with E-state index in [1.165, 1.54) is 12.1 Å². The fourth-order valence-electron chi connectivity index (χ4n) is 3.47. The Hall–Kier alpha value is -2.37. The lowest BCUT2D eigenvalue weighted by Gasteiger charge is -2.34. The van der Waals surface area contributed by atoms with Crippen LogP contribution in [0.4, 0.5) is 4.39 Å². The highest BCUT2D eigenvalue weighted by Gasteiger charge is 2.30. The van der Waals surface area contributed by atoms with Gasteiger partial charge in [-0.3, -0.25) is 4.79 Å². The first-order chi connectivity index (χ1) is 12.0. The molecule has 0 saturated carbocycles. The van der Waals surface area contributed by atoms with E-state index >= 15 is 0 Å². The molecule has 25 heavy (non-hydrogen) atoms. The second-order valence-corrected chi connectivity index (χ2v) is 6.85. The van der Waals surface area contributed by atoms with Crippen molar-refractivity contribution < 1.29 is 13.9 Å². The van der Waals surface area contributed by atoms with Crippen LogP contribution in [0.25, 0.3) is 5.69 Å². The maximum Gasteiger partial charge on any atom is 0.278 e. The van der Waals surface area contributed by atoms with Gasteiger partial charge >= 0.3 is 0 Å². The smallest absolute Gasteiger partial charge is 0.278 e. The van der Waals surface area contributed by atoms with E-state index in [0.29, 0.717) is 35.6 Å². The molecule has 1 aromatic carbocycles. The Morgan fingerprint density at radius 3 is 2.48 bits per heavy atom. The molecule has 134 valence electrons. The normalized spacial score (nSPS) is 20.6. The average molecular weight is 345 g/mol. The van der Waals surface area contributed by atoms with Crippen LogP contribution < -0.4 is 4.74 Å². The summed E-state index contributed by atoms with van der Waals surface area (Å²) in [5, 5.41) is 4.43. The Kier molecular flexibility index (Phi) is 5.06. The average Bonchev–Trinajstić information content (AvgIpc) is 2.98. The third-order valence-corrected chi connectivity index (χ3v) is 4.43. The van der Waals surface area contributed by atoms with Crippen LogP contribution in [0.15, 0.2) is 30.5 Å². The van der Waals surface area contributed by atoms with Crippen molar-refractivity contribution in [3.05, 3.63) is 42.0 Å². The predicted molar refractivity (Wildman–Crippen MR) is 93.5 cm³/mol. The van der Waals surface area contributed by atoms with Crippen molar-refractivity contribution in [2.75, 3.05) is 19.7 Å². The lowest BCUT2D eigenvalue weighted by Crippen LogP contribution is -2.42. The number of halogens is 1. The van der Waals surface area contributed by atoms with E-state index in [1.54, 1.807) is 23.0 Å². The van der Waals surface area contributed by atoms with Gasteiger partial charge < -0.3 is 9.64 Å². The van der Waals surface area contributed by atoms with E-state index in [4.69, 9.17) is 4.74 Å². The molecule has 1 amide bonds. The van der Waals surface area contributed by atoms with Gasteiger partial charge in [0.15, 0.2) is 11.4 Å². The number of ether oxygens (including phenoxy) is 1. The van der Waals surface area contributed by atoms with Gasteiger partial charge in [0.1, 0.15) is 5.82 Å². The summed E-state index contributed by atoms with van der Waals surface area (Å²) in [4.78, 5) is 14.9. The summed E-state index contributed by atoms with van der Waals surface area (Å²) in [7, 11) is 0. The summed E-state index contributed by atoms with van der Waals surface area (Å²) in [6, 6.07) is 5.98. The van der Waals surface area contributed by atoms with Gasteiger partial charge in [-0.1, -0.05) is 13.8 Å². The molecule has 0 N–H and O–H groups in total. The minimum Gasteiger partial charge on any atom is -0.490 e. The zero-order chi connectivity index (χ0) is 18.0. The first-order valence-electron chi connectivity index (χ1n) is 8.75. The number of piperidine rings is 1. The minimum atomic E-state index is -0.312. The Morgan fingerprint density at radius 1 is 1.24 bits per heavy atom. The maximum absolute atomic E-state index is 13.1. The molecule has 1 aliphatic heterocycles. The van der Waals surface area contributed by atoms with Gasteiger partial charge in [-0.15, -0.1) is 0 Å². The number of carbonyl (C=O) groups is 1. The van der Waals surface area contributed by atoms with E-state index < -0.39 is 0 Å². The second-order valence-electron chi connectivity index (χ2n) is 6.85. The molecule has 1 saturated heterocycles. The van der Waals surface area contributed by atoms with Crippen molar-refractivity contribution in [2.45, 2.75) is 27.2 Å². The quantitative estimate of drug-likeness (QED) is 0.852. The van der Waals surface area contributed by atoms with Crippen LogP contribution >= 0.6 is 0 Å². The number of nitrogens with zero attached hydrogens (tertiary/aromatic N) is 3. The zero-order valence-electron chi connectivity index (χ0n) is 14.9. The van der Waals surface area contributed by atoms with Crippen molar-refractivity contribution in [1.82, 2.24) is 14.7 Å². The van der Waals surface area contributed by atoms with E-state index in [-0.39, 0.29) is 11.7 Å². The summed E-state index contributed by atoms with van der Waals surface area (Å²) in [5.41, 5.74) is 0.995. The third kappa shape index (κ3) is 3.83. The molecule has 0 spiro atoms. The Bertz CT molecular complexity index is 732. The zero-order valence-corrected chi connectivity index (χ0v) is 14.9. The molecule has 0 aliphatic carbocycles. The molecule has 6 heteroatoms. The fraction of sp³-hybridized carbons (Fsp3) is 0.474. The van der Waals surface area contributed by atoms with E-state index in [9.17, 15) is 9.18 Å². The van der Waals surface area contributed by atoms with Crippen molar-refractivity contribution in [3.63, 3.8) is 0 Å². The van der Waals surface area contributed by atoms with Crippen LogP contribution in [0.1, 0.15) is 37.7 Å². The van der Waals surface area contributed by atoms with Crippen LogP contribution in [0.3, 0.4) is 0 Å². The lowest BCUT2D eigenvalue weighted by molar-refractivity contribution is 0.0612. The van der Waals surface area contributed by atoms with E-state index in [0.717, 1.165) is 19.5 Å². The van der Waals surface area contributed by atoms with Crippen LogP contribution in [-0.2, 0) is 0 Å². The van der Waals surface area contributed by atoms with Crippen molar-refractivity contribution in [1.29, 1.82) is 0 Å². The number of amides is 1. The first-order valence-corrected chi connectivity index (χ1v) is 8.75. The maximum atomic E-state index is 13.1. The molecule has 2 unspecified atom stereocenters. The first kappa shape index (κ1) is 17.5. The molecule has 1 aromatic heterocycles. The van der Waals surface area contributed by atoms with Crippen LogP contribution in [0, 0.1) is 17.7 Å². The molecular formula is C19H24FN3O2. The number of carbonyl (C=O) groups excluding carboxylic acids is 1. The Labute approximate surface area is 147 Å². The molecule has 2 atom stereocenters. The lowest BCUT2D eigenvalue weighted by atomic mass is 9.92. The van der Waals surface area contributed by atoms with Gasteiger partial charge in [-0.05, 0) is 49.4 Å². The molecular weight excluding hydrogens is 321 g/mol. The summed E-state index contributed by atoms with van der Waals surface area (Å²) >= 11 is 0. The van der Waals surface area contributed by atoms with Crippen LogP contribution in [-0.4, -0.2) is 40.3 Å². The van der Waals surface area contributed by atoms with Crippen LogP contribution in [0.2, 0.25) is 0 Å². The van der Waals surface area contributed by atoms with E-state index in [2.05, 4.69) is 18.9 Å². The number of benzene rings is 1. The standard InChI is InChI=1S/C19H24FN3O2/c1-4-25-17-12-23(16-7-5-15(20)6-8-16)21-18(17)19(24)22-10-13(2)9-14(3)11-22/h5-8,12-14H,4,9-11H2,1-3H3. The topological polar surface area (TPSA) is 47.4 Å². The van der Waals surface area contributed by atoms with Gasteiger partial charge in [0.25, 0.3) is 5.91 Å². The number of likely N-dealkylation sites (tertiary alicyclic amines) is 1. The highest BCUT2D eigenvalue weighted by Crippen LogP contribution is 2.26. The molecule has 2 aromatic rings. The number of hydrogen-bond donors (Lipinski definition) is 0. The summed E-state index contributed by atoms with van der Waals surface area (Å²) in [6.45, 7) is 8.11. The van der Waals surface area contributed by atoms with Crippen molar-refractivity contribution in [2.24, 2.45) is 11.8 Å². The van der Waals surface area contributed by atoms with Gasteiger partial charge in [0.05, 0.1) is 18.5 Å². The van der Waals surface area contributed by atoms with Crippen molar-refractivity contribution in [3.8, 4) is 11.4 Å². The summed E-state index contributed by atoms with van der Waals surface area (Å²) in [6.07, 6.45) is 2.81. The Morgan fingerprint density at radius 2 is 1.88 bits per heavy atom. The molecule has 1 aliphatic rings. The van der Waals surface area contributed by atoms with Gasteiger partial charge in [0, 0.05) is 13.1 Å². The highest BCUT2D eigenvalue weighted by atomic mass is 19.1. The molecule has 5 nitrogen and oxygen atoms in total. The van der Waals surface area contributed by atoms with Crippen molar-refractivity contribution >= 4 is 5.91 Å². The van der Waals surface area contributed by atoms with Gasteiger partial charge in [-0.25, -0.2) is 9.07 Å². The third-order valence-electron chi connectivity index (χ3n) is 4.43. The van der Waals surface area contributed by atoms with Gasteiger partial charge in [0.2, 0.25) is 0 Å². The van der Waals surface area contributed by atoms with Crippen LogP contribution in [0.5, 0.6) is 5.75 Å². The number of rotatable bonds is 4. The predicted octanol–water partition coefficient (Wildman–Crippen LogP) is 3.53. The highest BCUT2D eigenvalue weighted by molar-refractivity contribution is 5.95. The molecule has 0 bridgehead atoms. The number of aromatic nitrogens is 2.